The minimum absolute atomic E-state index is 0.227. The van der Waals surface area contributed by atoms with Gasteiger partial charge in [-0.05, 0) is 80.1 Å². The maximum absolute atomic E-state index is 14.2. The number of rotatable bonds is 10. The molecule has 0 spiro atoms. The summed E-state index contributed by atoms with van der Waals surface area (Å²) in [6, 6.07) is 20.0. The summed E-state index contributed by atoms with van der Waals surface area (Å²) in [5, 5.41) is 0.568. The molecule has 0 heterocycles. The van der Waals surface area contributed by atoms with E-state index in [-0.39, 0.29) is 11.6 Å². The molecule has 0 aromatic heterocycles. The van der Waals surface area contributed by atoms with Crippen LogP contribution in [0.15, 0.2) is 66.7 Å². The molecule has 0 saturated heterocycles. The summed E-state index contributed by atoms with van der Waals surface area (Å²) in [7, 11) is 0. The molecular formula is C28H28ClFO2. The second kappa shape index (κ2) is 11.1. The molecule has 3 aromatic rings. The highest BCUT2D eigenvalue weighted by atomic mass is 35.5. The summed E-state index contributed by atoms with van der Waals surface area (Å²) in [6.07, 6.45) is 9.20. The third kappa shape index (κ3) is 5.64. The van der Waals surface area contributed by atoms with Crippen LogP contribution in [0.1, 0.15) is 44.2 Å². The first-order valence-corrected chi connectivity index (χ1v) is 11.3. The van der Waals surface area contributed by atoms with Gasteiger partial charge in [-0.2, -0.15) is 0 Å². The number of para-hydroxylation sites is 1. The van der Waals surface area contributed by atoms with Crippen molar-refractivity contribution >= 4 is 11.6 Å². The first-order valence-electron chi connectivity index (χ1n) is 10.9. The predicted octanol–water partition coefficient (Wildman–Crippen LogP) is 7.97. The van der Waals surface area contributed by atoms with Gasteiger partial charge in [0.1, 0.15) is 11.5 Å². The highest BCUT2D eigenvalue weighted by molar-refractivity contribution is 6.32. The Labute approximate surface area is 195 Å². The van der Waals surface area contributed by atoms with Gasteiger partial charge in [-0.3, -0.25) is 0 Å². The molecule has 4 heteroatoms. The number of terminal acetylenes is 1. The van der Waals surface area contributed by atoms with Crippen LogP contribution >= 0.6 is 11.6 Å². The third-order valence-corrected chi connectivity index (χ3v) is 6.00. The van der Waals surface area contributed by atoms with Crippen LogP contribution in [-0.2, 0) is 11.8 Å². The smallest absolute Gasteiger partial charge is 0.165 e. The van der Waals surface area contributed by atoms with Crippen molar-refractivity contribution in [2.75, 3.05) is 6.61 Å². The quantitative estimate of drug-likeness (QED) is 0.291. The molecule has 1 atom stereocenters. The van der Waals surface area contributed by atoms with E-state index in [9.17, 15) is 4.39 Å². The number of hydrogen-bond acceptors (Lipinski definition) is 2. The zero-order valence-corrected chi connectivity index (χ0v) is 19.3. The topological polar surface area (TPSA) is 18.5 Å². The Morgan fingerprint density at radius 1 is 1.00 bits per heavy atom. The van der Waals surface area contributed by atoms with E-state index in [4.69, 9.17) is 27.5 Å². The normalized spacial score (nSPS) is 12.6. The Bertz CT molecular complexity index is 1070. The second-order valence-electron chi connectivity index (χ2n) is 7.69. The molecule has 2 nitrogen and oxygen atoms in total. The van der Waals surface area contributed by atoms with E-state index >= 15 is 0 Å². The number of hydrogen-bond donors (Lipinski definition) is 0. The summed E-state index contributed by atoms with van der Waals surface area (Å²) < 4.78 is 25.5. The van der Waals surface area contributed by atoms with Crippen molar-refractivity contribution < 1.29 is 13.9 Å². The molecule has 0 fully saturated rings. The molecular weight excluding hydrogens is 423 g/mol. The van der Waals surface area contributed by atoms with Gasteiger partial charge in [-0.15, -0.1) is 6.42 Å². The fraction of sp³-hybridized carbons (Fsp3) is 0.286. The van der Waals surface area contributed by atoms with Crippen molar-refractivity contribution in [3.63, 3.8) is 0 Å². The average Bonchev–Trinajstić information content (AvgIpc) is 2.81. The fourth-order valence-electron chi connectivity index (χ4n) is 3.85. The maximum Gasteiger partial charge on any atom is 0.165 e. The van der Waals surface area contributed by atoms with Crippen LogP contribution in [0.3, 0.4) is 0 Å². The van der Waals surface area contributed by atoms with E-state index in [1.54, 1.807) is 24.3 Å². The van der Waals surface area contributed by atoms with Gasteiger partial charge in [0.15, 0.2) is 11.6 Å². The maximum atomic E-state index is 14.2. The van der Waals surface area contributed by atoms with Crippen molar-refractivity contribution in [3.8, 4) is 29.6 Å². The van der Waals surface area contributed by atoms with Crippen LogP contribution < -0.4 is 9.47 Å². The second-order valence-corrected chi connectivity index (χ2v) is 8.10. The van der Waals surface area contributed by atoms with E-state index in [1.807, 2.05) is 43.3 Å². The van der Waals surface area contributed by atoms with Crippen LogP contribution in [0.4, 0.5) is 4.39 Å². The lowest BCUT2D eigenvalue weighted by Gasteiger charge is -2.28. The van der Waals surface area contributed by atoms with Crippen LogP contribution in [-0.4, -0.2) is 6.61 Å². The molecule has 0 bridgehead atoms. The lowest BCUT2D eigenvalue weighted by Crippen LogP contribution is -2.23. The third-order valence-electron chi connectivity index (χ3n) is 5.70. The molecule has 0 aliphatic carbocycles. The molecule has 0 saturated carbocycles. The molecule has 32 heavy (non-hydrogen) atoms. The number of benzene rings is 3. The van der Waals surface area contributed by atoms with Crippen molar-refractivity contribution in [3.05, 3.63) is 88.7 Å². The van der Waals surface area contributed by atoms with Gasteiger partial charge < -0.3 is 9.47 Å². The van der Waals surface area contributed by atoms with E-state index in [0.717, 1.165) is 36.8 Å². The molecule has 0 radical (unpaired) electrons. The van der Waals surface area contributed by atoms with Crippen LogP contribution in [0, 0.1) is 18.2 Å². The van der Waals surface area contributed by atoms with Gasteiger partial charge in [0.25, 0.3) is 0 Å². The standard InChI is InChI=1S/C28H28ClFO2/c1-4-28(5-2,22-15-17-26(31-6-3)24(29)20-22)18-10-11-21-14-16-25(30)27(19-21)32-23-12-8-7-9-13-23/h1,7-9,12-17,19-20H,5-6,10-11,18H2,2-3H3. The summed E-state index contributed by atoms with van der Waals surface area (Å²) in [6.45, 7) is 4.57. The number of halogens is 2. The highest BCUT2D eigenvalue weighted by Gasteiger charge is 2.28. The van der Waals surface area contributed by atoms with Gasteiger partial charge in [0.2, 0.25) is 0 Å². The first-order chi connectivity index (χ1) is 15.5. The van der Waals surface area contributed by atoms with Crippen molar-refractivity contribution in [2.45, 2.75) is 44.9 Å². The Kier molecular flexibility index (Phi) is 8.20. The van der Waals surface area contributed by atoms with E-state index in [1.165, 1.54) is 6.07 Å². The SMILES string of the molecule is C#CC(CC)(CCCc1ccc(F)c(Oc2ccccc2)c1)c1ccc(OCC)c(Cl)c1. The lowest BCUT2D eigenvalue weighted by atomic mass is 9.75. The molecule has 0 amide bonds. The fourth-order valence-corrected chi connectivity index (χ4v) is 4.08. The molecule has 0 aliphatic heterocycles. The van der Waals surface area contributed by atoms with E-state index < -0.39 is 5.41 Å². The lowest BCUT2D eigenvalue weighted by molar-refractivity contribution is 0.340. The summed E-state index contributed by atoms with van der Waals surface area (Å²) in [5.41, 5.74) is 1.60. The minimum Gasteiger partial charge on any atom is -0.492 e. The highest BCUT2D eigenvalue weighted by Crippen LogP contribution is 2.37. The zero-order valence-electron chi connectivity index (χ0n) is 18.5. The molecule has 166 valence electrons. The minimum atomic E-state index is -0.419. The molecule has 3 rings (SSSR count). The summed E-state index contributed by atoms with van der Waals surface area (Å²) >= 11 is 6.41. The molecule has 0 N–H and O–H groups in total. The van der Waals surface area contributed by atoms with Gasteiger partial charge in [-0.25, -0.2) is 4.39 Å². The Hall–Kier alpha value is -2.96. The van der Waals surface area contributed by atoms with Gasteiger partial charge >= 0.3 is 0 Å². The van der Waals surface area contributed by atoms with Crippen LogP contribution in [0.5, 0.6) is 17.2 Å². The molecule has 0 aliphatic rings. The monoisotopic (exact) mass is 450 g/mol. The van der Waals surface area contributed by atoms with E-state index in [0.29, 0.717) is 23.1 Å². The largest absolute Gasteiger partial charge is 0.492 e. The average molecular weight is 451 g/mol. The van der Waals surface area contributed by atoms with Crippen molar-refractivity contribution in [1.29, 1.82) is 0 Å². The van der Waals surface area contributed by atoms with Gasteiger partial charge in [0.05, 0.1) is 17.0 Å². The first kappa shape index (κ1) is 23.7. The van der Waals surface area contributed by atoms with Crippen LogP contribution in [0.2, 0.25) is 5.02 Å². The Morgan fingerprint density at radius 3 is 2.44 bits per heavy atom. The zero-order chi connectivity index (χ0) is 23.0. The number of aryl methyl sites for hydroxylation is 1. The summed E-state index contributed by atoms with van der Waals surface area (Å²) in [4.78, 5) is 0. The van der Waals surface area contributed by atoms with Crippen molar-refractivity contribution in [1.82, 2.24) is 0 Å². The number of ether oxygens (including phenoxy) is 2. The van der Waals surface area contributed by atoms with Crippen LogP contribution in [0.25, 0.3) is 0 Å². The van der Waals surface area contributed by atoms with Crippen molar-refractivity contribution in [2.24, 2.45) is 0 Å². The summed E-state index contributed by atoms with van der Waals surface area (Å²) in [5.74, 6) is 4.13. The molecule has 3 aromatic carbocycles. The Balaban J connectivity index is 1.71. The van der Waals surface area contributed by atoms with E-state index in [2.05, 4.69) is 12.8 Å². The predicted molar refractivity (Wildman–Crippen MR) is 129 cm³/mol. The van der Waals surface area contributed by atoms with Gasteiger partial charge in [0, 0.05) is 0 Å². The Morgan fingerprint density at radius 2 is 1.78 bits per heavy atom. The molecule has 1 unspecified atom stereocenters. The van der Waals surface area contributed by atoms with Gasteiger partial charge in [-0.1, -0.05) is 54.8 Å².